The van der Waals surface area contributed by atoms with Crippen LogP contribution in [0.3, 0.4) is 0 Å². The van der Waals surface area contributed by atoms with Gasteiger partial charge < -0.3 is 14.2 Å². The van der Waals surface area contributed by atoms with Crippen molar-refractivity contribution in [3.63, 3.8) is 0 Å². The molecule has 1 aromatic carbocycles. The predicted octanol–water partition coefficient (Wildman–Crippen LogP) is 5.03. The molecular formula is C17H17BrN4O3. The zero-order chi connectivity index (χ0) is 18.0. The monoisotopic (exact) mass is 404 g/mol. The molecule has 0 radical (unpaired) electrons. The number of aromatic nitrogens is 2. The minimum Gasteiger partial charge on any atom is -0.444 e. The highest BCUT2D eigenvalue weighted by molar-refractivity contribution is 9.10. The molecule has 0 saturated carbocycles. The maximum atomic E-state index is 12.0. The lowest BCUT2D eigenvalue weighted by Gasteiger charge is -2.19. The van der Waals surface area contributed by atoms with Crippen LogP contribution in [0.25, 0.3) is 11.7 Å². The van der Waals surface area contributed by atoms with Gasteiger partial charge in [0.05, 0.1) is 0 Å². The van der Waals surface area contributed by atoms with Gasteiger partial charge >= 0.3 is 12.0 Å². The lowest BCUT2D eigenvalue weighted by atomic mass is 9.87. The lowest BCUT2D eigenvalue weighted by Crippen LogP contribution is -2.19. The van der Waals surface area contributed by atoms with E-state index in [4.69, 9.17) is 8.83 Å². The Morgan fingerprint density at radius 3 is 2.32 bits per heavy atom. The van der Waals surface area contributed by atoms with Gasteiger partial charge in [-0.15, -0.1) is 5.10 Å². The molecule has 3 rings (SSSR count). The summed E-state index contributed by atoms with van der Waals surface area (Å²) in [5, 5.41) is 12.8. The molecule has 7 nitrogen and oxygen atoms in total. The SMILES string of the molecule is CC(C)(C)c1ccc(NC(=O)Nc2nnc(-c3ccc(Br)o3)o2)cc1. The van der Waals surface area contributed by atoms with Crippen LogP contribution in [0.1, 0.15) is 26.3 Å². The number of hydrogen-bond acceptors (Lipinski definition) is 5. The second-order valence-corrected chi connectivity index (χ2v) is 7.20. The Morgan fingerprint density at radius 1 is 1.00 bits per heavy atom. The Bertz CT molecular complexity index is 878. The number of anilines is 2. The number of nitrogens with one attached hydrogen (secondary N) is 2. The fourth-order valence-corrected chi connectivity index (χ4v) is 2.42. The summed E-state index contributed by atoms with van der Waals surface area (Å²) in [5.41, 5.74) is 1.91. The molecule has 8 heteroatoms. The van der Waals surface area contributed by atoms with Gasteiger partial charge in [-0.1, -0.05) is 38.0 Å². The van der Waals surface area contributed by atoms with Crippen LogP contribution in [0.5, 0.6) is 0 Å². The summed E-state index contributed by atoms with van der Waals surface area (Å²) in [4.78, 5) is 12.0. The minimum atomic E-state index is -0.473. The van der Waals surface area contributed by atoms with Crippen molar-refractivity contribution in [1.82, 2.24) is 10.2 Å². The van der Waals surface area contributed by atoms with Gasteiger partial charge in [0.1, 0.15) is 0 Å². The van der Waals surface area contributed by atoms with Gasteiger partial charge in [-0.3, -0.25) is 5.32 Å². The van der Waals surface area contributed by atoms with E-state index in [0.29, 0.717) is 16.1 Å². The van der Waals surface area contributed by atoms with Crippen LogP contribution >= 0.6 is 15.9 Å². The van der Waals surface area contributed by atoms with E-state index in [-0.39, 0.29) is 17.3 Å². The Labute approximate surface area is 152 Å². The summed E-state index contributed by atoms with van der Waals surface area (Å²) < 4.78 is 11.2. The van der Waals surface area contributed by atoms with E-state index >= 15 is 0 Å². The Kier molecular flexibility index (Phi) is 4.63. The number of amides is 2. The van der Waals surface area contributed by atoms with Gasteiger partial charge in [0.25, 0.3) is 5.89 Å². The first kappa shape index (κ1) is 17.2. The molecule has 130 valence electrons. The highest BCUT2D eigenvalue weighted by Gasteiger charge is 2.15. The second-order valence-electron chi connectivity index (χ2n) is 6.42. The average molecular weight is 405 g/mol. The molecule has 2 aromatic heterocycles. The highest BCUT2D eigenvalue weighted by Crippen LogP contribution is 2.25. The third-order valence-electron chi connectivity index (χ3n) is 3.44. The number of benzene rings is 1. The predicted molar refractivity (Wildman–Crippen MR) is 97.5 cm³/mol. The summed E-state index contributed by atoms with van der Waals surface area (Å²) in [6, 6.07) is 10.5. The van der Waals surface area contributed by atoms with E-state index < -0.39 is 6.03 Å². The van der Waals surface area contributed by atoms with Crippen molar-refractivity contribution in [2.24, 2.45) is 0 Å². The maximum absolute atomic E-state index is 12.0. The van der Waals surface area contributed by atoms with E-state index in [1.807, 2.05) is 24.3 Å². The maximum Gasteiger partial charge on any atom is 0.327 e. The third kappa shape index (κ3) is 4.27. The number of halogens is 1. The molecule has 3 aromatic rings. The number of hydrogen-bond donors (Lipinski definition) is 2. The van der Waals surface area contributed by atoms with Crippen LogP contribution < -0.4 is 10.6 Å². The average Bonchev–Trinajstić information content (AvgIpc) is 3.15. The number of rotatable bonds is 3. The highest BCUT2D eigenvalue weighted by atomic mass is 79.9. The van der Waals surface area contributed by atoms with Crippen molar-refractivity contribution in [2.75, 3.05) is 10.6 Å². The fourth-order valence-electron chi connectivity index (χ4n) is 2.12. The first-order chi connectivity index (χ1) is 11.8. The van der Waals surface area contributed by atoms with Crippen LogP contribution in [0.2, 0.25) is 0 Å². The van der Waals surface area contributed by atoms with Gasteiger partial charge in [0.2, 0.25) is 0 Å². The van der Waals surface area contributed by atoms with Crippen LogP contribution in [-0.4, -0.2) is 16.2 Å². The first-order valence-corrected chi connectivity index (χ1v) is 8.38. The molecule has 0 atom stereocenters. The van der Waals surface area contributed by atoms with E-state index in [1.165, 1.54) is 5.56 Å². The summed E-state index contributed by atoms with van der Waals surface area (Å²) in [6.45, 7) is 6.40. The van der Waals surface area contributed by atoms with Crippen molar-refractivity contribution in [3.8, 4) is 11.7 Å². The number of carbonyl (C=O) groups excluding carboxylic acids is 1. The van der Waals surface area contributed by atoms with Crippen LogP contribution in [0, 0.1) is 0 Å². The molecule has 0 spiro atoms. The van der Waals surface area contributed by atoms with Crippen LogP contribution in [0.4, 0.5) is 16.5 Å². The van der Waals surface area contributed by atoms with Gasteiger partial charge in [0.15, 0.2) is 10.4 Å². The number of furan rings is 1. The number of carbonyl (C=O) groups is 1. The van der Waals surface area contributed by atoms with Crippen LogP contribution in [-0.2, 0) is 5.41 Å². The first-order valence-electron chi connectivity index (χ1n) is 7.59. The molecule has 2 N–H and O–H groups in total. The third-order valence-corrected chi connectivity index (χ3v) is 3.86. The molecule has 0 saturated heterocycles. The Balaban J connectivity index is 1.62. The second kappa shape index (κ2) is 6.72. The topological polar surface area (TPSA) is 93.2 Å². The smallest absolute Gasteiger partial charge is 0.327 e. The van der Waals surface area contributed by atoms with E-state index in [2.05, 4.69) is 57.5 Å². The van der Waals surface area contributed by atoms with Crippen LogP contribution in [0.15, 0.2) is 49.9 Å². The van der Waals surface area contributed by atoms with E-state index in [0.717, 1.165) is 0 Å². The standard InChI is InChI=1S/C17H17BrN4O3/c1-17(2,3)10-4-6-11(7-5-10)19-15(23)20-16-22-21-14(25-16)12-8-9-13(18)24-12/h4-9H,1-3H3,(H2,19,20,22,23). The minimum absolute atomic E-state index is 0.0219. The largest absolute Gasteiger partial charge is 0.444 e. The molecule has 0 fully saturated rings. The summed E-state index contributed by atoms with van der Waals surface area (Å²) in [6.07, 6.45) is 0. The van der Waals surface area contributed by atoms with Gasteiger partial charge in [-0.25, -0.2) is 4.79 Å². The van der Waals surface area contributed by atoms with E-state index in [9.17, 15) is 4.79 Å². The van der Waals surface area contributed by atoms with Gasteiger partial charge in [-0.05, 0) is 51.2 Å². The lowest BCUT2D eigenvalue weighted by molar-refractivity contribution is 0.261. The van der Waals surface area contributed by atoms with E-state index in [1.54, 1.807) is 12.1 Å². The molecular weight excluding hydrogens is 388 g/mol. The summed E-state index contributed by atoms with van der Waals surface area (Å²) in [7, 11) is 0. The molecule has 0 unspecified atom stereocenters. The Hall–Kier alpha value is -2.61. The van der Waals surface area contributed by atoms with Crippen molar-refractivity contribution in [2.45, 2.75) is 26.2 Å². The molecule has 2 heterocycles. The quantitative estimate of drug-likeness (QED) is 0.637. The van der Waals surface area contributed by atoms with Gasteiger partial charge in [-0.2, -0.15) is 0 Å². The zero-order valence-corrected chi connectivity index (χ0v) is 15.5. The molecule has 0 bridgehead atoms. The number of nitrogens with zero attached hydrogens (tertiary/aromatic N) is 2. The molecule has 0 aliphatic heterocycles. The summed E-state index contributed by atoms with van der Waals surface area (Å²) >= 11 is 3.19. The number of urea groups is 1. The van der Waals surface area contributed by atoms with Crippen molar-refractivity contribution in [1.29, 1.82) is 0 Å². The molecule has 25 heavy (non-hydrogen) atoms. The zero-order valence-electron chi connectivity index (χ0n) is 14.0. The Morgan fingerprint density at radius 2 is 1.72 bits per heavy atom. The van der Waals surface area contributed by atoms with Crippen molar-refractivity contribution < 1.29 is 13.6 Å². The molecule has 2 amide bonds. The van der Waals surface area contributed by atoms with Gasteiger partial charge in [0, 0.05) is 5.69 Å². The molecule has 0 aliphatic carbocycles. The van der Waals surface area contributed by atoms with Crippen molar-refractivity contribution in [3.05, 3.63) is 46.6 Å². The molecule has 0 aliphatic rings. The van der Waals surface area contributed by atoms with Crippen molar-refractivity contribution >= 4 is 33.7 Å². The normalized spacial score (nSPS) is 11.4. The fraction of sp³-hybridized carbons (Fsp3) is 0.235. The summed E-state index contributed by atoms with van der Waals surface area (Å²) in [5.74, 6) is 0.584.